The van der Waals surface area contributed by atoms with Crippen LogP contribution < -0.4 is 11.1 Å². The summed E-state index contributed by atoms with van der Waals surface area (Å²) in [5.41, 5.74) is 9.59. The van der Waals surface area contributed by atoms with E-state index in [9.17, 15) is 9.59 Å². The third-order valence-electron chi connectivity index (χ3n) is 9.82. The molecule has 0 saturated heterocycles. The standard InChI is InChI=1S/C44H27N3O2/c48-43-37-27-39-36(35-21-10-11-22-38(35)45(39)32-20-12-19-31(25-32)28-13-4-1-5-14-28)26-40(37)46-42-34(30-17-8-3-9-18-30)24-23-33(29-15-6-2-7-16-29)41(42)44(49)47(43)46/h1-27H. The molecule has 0 aliphatic carbocycles. The molecule has 3 heterocycles. The molecule has 0 aliphatic heterocycles. The molecule has 0 N–H and O–H groups in total. The molecule has 0 aliphatic rings. The molecule has 5 nitrogen and oxygen atoms in total. The van der Waals surface area contributed by atoms with Crippen molar-refractivity contribution < 1.29 is 0 Å². The van der Waals surface area contributed by atoms with Gasteiger partial charge in [-0.15, -0.1) is 0 Å². The summed E-state index contributed by atoms with van der Waals surface area (Å²) >= 11 is 0. The van der Waals surface area contributed by atoms with Gasteiger partial charge < -0.3 is 4.57 Å². The second-order valence-corrected chi connectivity index (χ2v) is 12.5. The van der Waals surface area contributed by atoms with E-state index in [-0.39, 0.29) is 11.1 Å². The van der Waals surface area contributed by atoms with Gasteiger partial charge in [-0.2, -0.15) is 4.52 Å². The van der Waals surface area contributed by atoms with Crippen molar-refractivity contribution in [3.8, 4) is 39.1 Å². The number of hydrogen-bond donors (Lipinski definition) is 0. The second kappa shape index (κ2) is 10.4. The SMILES string of the molecule is O=c1c2cc3c(cc2n2c4c(-c5ccccc5)ccc(-c5ccccc5)c4c(=O)n12)c1ccccc1n3-c1cccc(-c2ccccc2)c1. The first-order valence-corrected chi connectivity index (χ1v) is 16.4. The lowest BCUT2D eigenvalue weighted by molar-refractivity contribution is 0.842. The van der Waals surface area contributed by atoms with Crippen LogP contribution in [-0.2, 0) is 0 Å². The first-order chi connectivity index (χ1) is 24.2. The molecule has 0 fully saturated rings. The minimum atomic E-state index is -0.328. The molecule has 0 bridgehead atoms. The van der Waals surface area contributed by atoms with E-state index in [2.05, 4.69) is 65.2 Å². The normalized spacial score (nSPS) is 11.8. The number of aromatic nitrogens is 3. The summed E-state index contributed by atoms with van der Waals surface area (Å²) < 4.78 is 5.41. The largest absolute Gasteiger partial charge is 0.309 e. The van der Waals surface area contributed by atoms with E-state index in [0.717, 1.165) is 66.4 Å². The molecule has 0 saturated carbocycles. The maximum absolute atomic E-state index is 14.5. The maximum atomic E-state index is 14.5. The predicted octanol–water partition coefficient (Wildman–Crippen LogP) is 9.60. The topological polar surface area (TPSA) is 47.9 Å². The molecule has 0 spiro atoms. The predicted molar refractivity (Wildman–Crippen MR) is 200 cm³/mol. The molecule has 0 unspecified atom stereocenters. The van der Waals surface area contributed by atoms with Crippen LogP contribution in [0.2, 0.25) is 0 Å². The smallest absolute Gasteiger partial charge is 0.283 e. The van der Waals surface area contributed by atoms with Gasteiger partial charge in [0.1, 0.15) is 0 Å². The van der Waals surface area contributed by atoms with Gasteiger partial charge in [-0.1, -0.05) is 133 Å². The van der Waals surface area contributed by atoms with Gasteiger partial charge in [0.05, 0.1) is 32.8 Å². The Balaban J connectivity index is 1.34. The summed E-state index contributed by atoms with van der Waals surface area (Å²) in [5.74, 6) is 0. The van der Waals surface area contributed by atoms with Crippen LogP contribution in [0, 0.1) is 0 Å². The van der Waals surface area contributed by atoms with Gasteiger partial charge in [0, 0.05) is 22.0 Å². The van der Waals surface area contributed by atoms with Crippen LogP contribution in [0.4, 0.5) is 0 Å². The minimum Gasteiger partial charge on any atom is -0.309 e. The number of para-hydroxylation sites is 1. The van der Waals surface area contributed by atoms with Crippen LogP contribution in [0.5, 0.6) is 0 Å². The number of nitrogens with zero attached hydrogens (tertiary/aromatic N) is 3. The van der Waals surface area contributed by atoms with Gasteiger partial charge in [-0.05, 0) is 58.1 Å². The van der Waals surface area contributed by atoms with E-state index in [1.54, 1.807) is 0 Å². The molecule has 230 valence electrons. The van der Waals surface area contributed by atoms with Crippen molar-refractivity contribution in [1.82, 2.24) is 13.6 Å². The molecule has 10 rings (SSSR count). The van der Waals surface area contributed by atoms with Crippen molar-refractivity contribution in [1.29, 1.82) is 0 Å². The van der Waals surface area contributed by atoms with Crippen molar-refractivity contribution >= 4 is 43.6 Å². The Bertz CT molecular complexity index is 3010. The van der Waals surface area contributed by atoms with Crippen LogP contribution >= 0.6 is 0 Å². The molecule has 0 radical (unpaired) electrons. The quantitative estimate of drug-likeness (QED) is 0.195. The lowest BCUT2D eigenvalue weighted by atomic mass is 9.96. The van der Waals surface area contributed by atoms with Crippen molar-refractivity contribution in [3.05, 3.63) is 184 Å². The zero-order chi connectivity index (χ0) is 32.6. The summed E-state index contributed by atoms with van der Waals surface area (Å²) in [4.78, 5) is 29.0. The van der Waals surface area contributed by atoms with E-state index in [1.807, 2.05) is 108 Å². The summed E-state index contributed by atoms with van der Waals surface area (Å²) in [6.07, 6.45) is 0. The van der Waals surface area contributed by atoms with Gasteiger partial charge in [-0.25, -0.2) is 4.52 Å². The van der Waals surface area contributed by atoms with Gasteiger partial charge >= 0.3 is 0 Å². The third-order valence-corrected chi connectivity index (χ3v) is 9.82. The highest BCUT2D eigenvalue weighted by Crippen LogP contribution is 2.38. The summed E-state index contributed by atoms with van der Waals surface area (Å²) in [7, 11) is 0. The van der Waals surface area contributed by atoms with Crippen molar-refractivity contribution in [2.24, 2.45) is 0 Å². The molecule has 3 aromatic heterocycles. The van der Waals surface area contributed by atoms with E-state index >= 15 is 0 Å². The highest BCUT2D eigenvalue weighted by atomic mass is 16.2. The average Bonchev–Trinajstić information content (AvgIpc) is 3.77. The molecule has 0 amide bonds. The van der Waals surface area contributed by atoms with E-state index < -0.39 is 0 Å². The van der Waals surface area contributed by atoms with Crippen molar-refractivity contribution in [2.75, 3.05) is 0 Å². The lowest BCUT2D eigenvalue weighted by Crippen LogP contribution is -2.21. The van der Waals surface area contributed by atoms with Gasteiger partial charge in [-0.3, -0.25) is 9.59 Å². The Morgan fingerprint density at radius 3 is 1.69 bits per heavy atom. The van der Waals surface area contributed by atoms with Crippen LogP contribution in [0.1, 0.15) is 0 Å². The molecule has 49 heavy (non-hydrogen) atoms. The monoisotopic (exact) mass is 629 g/mol. The number of benzene rings is 7. The molecule has 5 heteroatoms. The molecule has 10 aromatic rings. The number of fused-ring (bicyclic) bond motifs is 8. The molecule has 0 atom stereocenters. The van der Waals surface area contributed by atoms with Crippen LogP contribution in [0.25, 0.3) is 82.7 Å². The van der Waals surface area contributed by atoms with E-state index in [1.165, 1.54) is 4.52 Å². The minimum absolute atomic E-state index is 0.319. The first kappa shape index (κ1) is 27.4. The Hall–Kier alpha value is -6.72. The first-order valence-electron chi connectivity index (χ1n) is 16.4. The fraction of sp³-hybridized carbons (Fsp3) is 0. The Morgan fingerprint density at radius 1 is 0.367 bits per heavy atom. The summed E-state index contributed by atoms with van der Waals surface area (Å²) in [6.45, 7) is 0. The van der Waals surface area contributed by atoms with Crippen LogP contribution in [0.3, 0.4) is 0 Å². The van der Waals surface area contributed by atoms with E-state index in [4.69, 9.17) is 0 Å². The summed E-state index contributed by atoms with van der Waals surface area (Å²) in [6, 6.07) is 55.3. The van der Waals surface area contributed by atoms with Crippen LogP contribution in [-0.4, -0.2) is 13.6 Å². The lowest BCUT2D eigenvalue weighted by Gasteiger charge is -2.11. The fourth-order valence-corrected chi connectivity index (χ4v) is 7.64. The Kier molecular flexibility index (Phi) is 5.81. The maximum Gasteiger partial charge on any atom is 0.283 e. The third kappa shape index (κ3) is 3.93. The van der Waals surface area contributed by atoms with Gasteiger partial charge in [0.2, 0.25) is 0 Å². The van der Waals surface area contributed by atoms with Crippen LogP contribution in [0.15, 0.2) is 173 Å². The zero-order valence-electron chi connectivity index (χ0n) is 26.2. The second-order valence-electron chi connectivity index (χ2n) is 12.5. The Labute approximate surface area is 280 Å². The van der Waals surface area contributed by atoms with Crippen molar-refractivity contribution in [2.45, 2.75) is 0 Å². The molecular formula is C44H27N3O2. The Morgan fingerprint density at radius 2 is 0.959 bits per heavy atom. The zero-order valence-corrected chi connectivity index (χ0v) is 26.2. The highest BCUT2D eigenvalue weighted by Gasteiger charge is 2.25. The average molecular weight is 630 g/mol. The van der Waals surface area contributed by atoms with Gasteiger partial charge in [0.15, 0.2) is 0 Å². The van der Waals surface area contributed by atoms with Gasteiger partial charge in [0.25, 0.3) is 11.1 Å². The fourth-order valence-electron chi connectivity index (χ4n) is 7.64. The van der Waals surface area contributed by atoms with Crippen molar-refractivity contribution in [3.63, 3.8) is 0 Å². The highest BCUT2D eigenvalue weighted by molar-refractivity contribution is 6.14. The molecular weight excluding hydrogens is 603 g/mol. The summed E-state index contributed by atoms with van der Waals surface area (Å²) in [5, 5.41) is 3.12. The number of rotatable bonds is 4. The molecule has 7 aromatic carbocycles. The number of hydrogen-bond acceptors (Lipinski definition) is 2. The van der Waals surface area contributed by atoms with E-state index in [0.29, 0.717) is 16.3 Å².